The Morgan fingerprint density at radius 3 is 1.67 bits per heavy atom. The summed E-state index contributed by atoms with van der Waals surface area (Å²) in [5, 5.41) is 0. The van der Waals surface area contributed by atoms with E-state index in [-0.39, 0.29) is 0 Å². The van der Waals surface area contributed by atoms with Crippen molar-refractivity contribution in [2.45, 2.75) is 6.42 Å². The SMILES string of the molecule is C=CCc1cccc(-c2ccccc2)c1-c1ccccc1-c1ccccc1. The van der Waals surface area contributed by atoms with Gasteiger partial charge in [0.1, 0.15) is 0 Å². The van der Waals surface area contributed by atoms with E-state index in [0.717, 1.165) is 6.42 Å². The second kappa shape index (κ2) is 7.88. The van der Waals surface area contributed by atoms with Crippen molar-refractivity contribution in [3.8, 4) is 33.4 Å². The number of benzene rings is 4. The smallest absolute Gasteiger partial charge is 0.00639 e. The normalized spacial score (nSPS) is 10.5. The molecule has 0 atom stereocenters. The van der Waals surface area contributed by atoms with E-state index in [0.29, 0.717) is 0 Å². The Kier molecular flexibility index (Phi) is 4.98. The molecule has 0 bridgehead atoms. The zero-order valence-electron chi connectivity index (χ0n) is 15.3. The maximum absolute atomic E-state index is 3.97. The summed E-state index contributed by atoms with van der Waals surface area (Å²) in [4.78, 5) is 0. The van der Waals surface area contributed by atoms with Gasteiger partial charge >= 0.3 is 0 Å². The van der Waals surface area contributed by atoms with Crippen molar-refractivity contribution in [1.82, 2.24) is 0 Å². The summed E-state index contributed by atoms with van der Waals surface area (Å²) in [7, 11) is 0. The van der Waals surface area contributed by atoms with Gasteiger partial charge in [0.25, 0.3) is 0 Å². The van der Waals surface area contributed by atoms with E-state index in [1.165, 1.54) is 38.9 Å². The van der Waals surface area contributed by atoms with E-state index in [4.69, 9.17) is 0 Å². The summed E-state index contributed by atoms with van der Waals surface area (Å²) in [5.41, 5.74) is 8.85. The first-order valence-electron chi connectivity index (χ1n) is 9.31. The number of hydrogen-bond donors (Lipinski definition) is 0. The van der Waals surface area contributed by atoms with E-state index >= 15 is 0 Å². The minimum absolute atomic E-state index is 0.846. The van der Waals surface area contributed by atoms with Gasteiger partial charge in [-0.05, 0) is 45.4 Å². The van der Waals surface area contributed by atoms with Crippen LogP contribution in [0.5, 0.6) is 0 Å². The molecule has 0 heteroatoms. The van der Waals surface area contributed by atoms with Crippen molar-refractivity contribution >= 4 is 0 Å². The molecule has 4 aromatic carbocycles. The van der Waals surface area contributed by atoms with Crippen molar-refractivity contribution in [2.24, 2.45) is 0 Å². The summed E-state index contributed by atoms with van der Waals surface area (Å²) in [5.74, 6) is 0. The summed E-state index contributed by atoms with van der Waals surface area (Å²) in [6, 6.07) is 36.5. The van der Waals surface area contributed by atoms with E-state index < -0.39 is 0 Å². The molecule has 0 heterocycles. The number of hydrogen-bond acceptors (Lipinski definition) is 0. The standard InChI is InChI=1S/C27H22/c1-2-12-23-17-11-20-25(22-15-7-4-8-16-22)27(23)26-19-10-9-18-24(26)21-13-5-3-6-14-21/h2-11,13-20H,1,12H2. The van der Waals surface area contributed by atoms with Gasteiger partial charge in [-0.15, -0.1) is 6.58 Å². The predicted octanol–water partition coefficient (Wildman–Crippen LogP) is 7.42. The molecule has 0 fully saturated rings. The Bertz CT molecular complexity index is 1040. The van der Waals surface area contributed by atoms with Gasteiger partial charge in [-0.25, -0.2) is 0 Å². The van der Waals surface area contributed by atoms with Crippen molar-refractivity contribution in [3.05, 3.63) is 121 Å². The first-order chi connectivity index (χ1) is 13.4. The molecule has 4 aromatic rings. The van der Waals surface area contributed by atoms with Crippen molar-refractivity contribution in [2.75, 3.05) is 0 Å². The van der Waals surface area contributed by atoms with E-state index in [9.17, 15) is 0 Å². The average molecular weight is 346 g/mol. The molecule has 0 saturated heterocycles. The fourth-order valence-corrected chi connectivity index (χ4v) is 3.67. The van der Waals surface area contributed by atoms with E-state index in [1.807, 2.05) is 6.08 Å². The molecule has 0 aliphatic carbocycles. The quantitative estimate of drug-likeness (QED) is 0.330. The Hall–Kier alpha value is -3.38. The van der Waals surface area contributed by atoms with Crippen LogP contribution < -0.4 is 0 Å². The lowest BCUT2D eigenvalue weighted by molar-refractivity contribution is 1.28. The van der Waals surface area contributed by atoms with Gasteiger partial charge in [-0.1, -0.05) is 109 Å². The number of allylic oxidation sites excluding steroid dienone is 1. The van der Waals surface area contributed by atoms with Crippen molar-refractivity contribution < 1.29 is 0 Å². The monoisotopic (exact) mass is 346 g/mol. The van der Waals surface area contributed by atoms with Crippen LogP contribution in [-0.4, -0.2) is 0 Å². The summed E-state index contributed by atoms with van der Waals surface area (Å²) in [6.45, 7) is 3.97. The fourth-order valence-electron chi connectivity index (χ4n) is 3.67. The first kappa shape index (κ1) is 17.1. The van der Waals surface area contributed by atoms with Crippen LogP contribution in [-0.2, 0) is 6.42 Å². The molecular formula is C27H22. The maximum Gasteiger partial charge on any atom is -0.00639 e. The largest absolute Gasteiger partial charge is 0.103 e. The van der Waals surface area contributed by atoms with Gasteiger partial charge in [-0.3, -0.25) is 0 Å². The third-order valence-corrected chi connectivity index (χ3v) is 4.88. The van der Waals surface area contributed by atoms with Crippen LogP contribution in [0.2, 0.25) is 0 Å². The van der Waals surface area contributed by atoms with Gasteiger partial charge in [0.2, 0.25) is 0 Å². The molecule has 0 aromatic heterocycles. The Morgan fingerprint density at radius 2 is 1.04 bits per heavy atom. The molecule has 0 saturated carbocycles. The summed E-state index contributed by atoms with van der Waals surface area (Å²) >= 11 is 0. The zero-order valence-corrected chi connectivity index (χ0v) is 15.3. The highest BCUT2D eigenvalue weighted by Crippen LogP contribution is 2.40. The van der Waals surface area contributed by atoms with Crippen LogP contribution >= 0.6 is 0 Å². The lowest BCUT2D eigenvalue weighted by atomic mass is 9.85. The Balaban J connectivity index is 2.01. The molecule has 4 rings (SSSR count). The molecular weight excluding hydrogens is 324 g/mol. The minimum atomic E-state index is 0.846. The Morgan fingerprint density at radius 1 is 0.519 bits per heavy atom. The number of rotatable bonds is 5. The molecule has 0 radical (unpaired) electrons. The highest BCUT2D eigenvalue weighted by molar-refractivity contribution is 5.93. The molecule has 0 N–H and O–H groups in total. The van der Waals surface area contributed by atoms with Gasteiger partial charge in [-0.2, -0.15) is 0 Å². The molecule has 130 valence electrons. The highest BCUT2D eigenvalue weighted by atomic mass is 14.2. The summed E-state index contributed by atoms with van der Waals surface area (Å²) < 4.78 is 0. The van der Waals surface area contributed by atoms with Crippen LogP contribution in [0, 0.1) is 0 Å². The van der Waals surface area contributed by atoms with Gasteiger partial charge in [0.05, 0.1) is 0 Å². The second-order valence-electron chi connectivity index (χ2n) is 6.61. The van der Waals surface area contributed by atoms with Gasteiger partial charge < -0.3 is 0 Å². The van der Waals surface area contributed by atoms with Crippen LogP contribution in [0.4, 0.5) is 0 Å². The molecule has 0 spiro atoms. The lowest BCUT2D eigenvalue weighted by Crippen LogP contribution is -1.95. The zero-order chi connectivity index (χ0) is 18.5. The highest BCUT2D eigenvalue weighted by Gasteiger charge is 2.15. The predicted molar refractivity (Wildman–Crippen MR) is 117 cm³/mol. The second-order valence-corrected chi connectivity index (χ2v) is 6.61. The van der Waals surface area contributed by atoms with Gasteiger partial charge in [0, 0.05) is 0 Å². The molecule has 0 nitrogen and oxygen atoms in total. The molecule has 0 unspecified atom stereocenters. The lowest BCUT2D eigenvalue weighted by Gasteiger charge is -2.18. The molecule has 27 heavy (non-hydrogen) atoms. The van der Waals surface area contributed by atoms with Crippen LogP contribution in [0.1, 0.15) is 5.56 Å². The molecule has 0 amide bonds. The van der Waals surface area contributed by atoms with Crippen molar-refractivity contribution in [3.63, 3.8) is 0 Å². The first-order valence-corrected chi connectivity index (χ1v) is 9.31. The summed E-state index contributed by atoms with van der Waals surface area (Å²) in [6.07, 6.45) is 2.83. The fraction of sp³-hybridized carbons (Fsp3) is 0.0370. The van der Waals surface area contributed by atoms with E-state index in [2.05, 4.69) is 110 Å². The average Bonchev–Trinajstić information content (AvgIpc) is 2.75. The van der Waals surface area contributed by atoms with Crippen molar-refractivity contribution in [1.29, 1.82) is 0 Å². The van der Waals surface area contributed by atoms with Crippen LogP contribution in [0.25, 0.3) is 33.4 Å². The van der Waals surface area contributed by atoms with Crippen LogP contribution in [0.3, 0.4) is 0 Å². The van der Waals surface area contributed by atoms with Gasteiger partial charge in [0.15, 0.2) is 0 Å². The molecule has 0 aliphatic heterocycles. The van der Waals surface area contributed by atoms with Crippen LogP contribution in [0.15, 0.2) is 116 Å². The maximum atomic E-state index is 3.97. The van der Waals surface area contributed by atoms with E-state index in [1.54, 1.807) is 0 Å². The Labute approximate surface area is 161 Å². The topological polar surface area (TPSA) is 0 Å². The third-order valence-electron chi connectivity index (χ3n) is 4.88. The third kappa shape index (κ3) is 3.47. The molecule has 0 aliphatic rings. The minimum Gasteiger partial charge on any atom is -0.103 e.